The van der Waals surface area contributed by atoms with Crippen molar-refractivity contribution in [1.29, 1.82) is 0 Å². The number of hydrogen-bond donors (Lipinski definition) is 2. The minimum absolute atomic E-state index is 0.0691. The third-order valence-corrected chi connectivity index (χ3v) is 4.78. The number of ether oxygens (including phenoxy) is 2. The van der Waals surface area contributed by atoms with Crippen LogP contribution in [0.4, 0.5) is 0 Å². The van der Waals surface area contributed by atoms with E-state index in [1.807, 2.05) is 6.92 Å². The van der Waals surface area contributed by atoms with Gasteiger partial charge in [0.05, 0.1) is 31.1 Å². The highest BCUT2D eigenvalue weighted by Crippen LogP contribution is 2.27. The fraction of sp³-hybridized carbons (Fsp3) is 0.667. The van der Waals surface area contributed by atoms with Gasteiger partial charge in [0.1, 0.15) is 4.88 Å². The molecular weight excluding hydrogens is 302 g/mol. The third-order valence-electron chi connectivity index (χ3n) is 2.34. The van der Waals surface area contributed by atoms with E-state index in [4.69, 9.17) is 14.6 Å². The number of carbonyl (C=O) groups is 1. The normalized spacial score (nSPS) is 14.2. The molecule has 0 aromatic carbocycles. The van der Waals surface area contributed by atoms with Crippen molar-refractivity contribution in [3.8, 4) is 0 Å². The van der Waals surface area contributed by atoms with Crippen LogP contribution in [0.25, 0.3) is 0 Å². The van der Waals surface area contributed by atoms with Gasteiger partial charge in [0.15, 0.2) is 4.34 Å². The molecule has 0 saturated carbocycles. The van der Waals surface area contributed by atoms with Crippen molar-refractivity contribution in [2.75, 3.05) is 26.1 Å². The summed E-state index contributed by atoms with van der Waals surface area (Å²) in [5.41, 5.74) is 0.504. The van der Waals surface area contributed by atoms with Crippen LogP contribution in [-0.2, 0) is 9.47 Å². The van der Waals surface area contributed by atoms with Gasteiger partial charge in [-0.25, -0.2) is 9.78 Å². The van der Waals surface area contributed by atoms with Crippen molar-refractivity contribution >= 4 is 29.1 Å². The number of carboxylic acids is 1. The maximum atomic E-state index is 10.9. The minimum atomic E-state index is -0.968. The largest absolute Gasteiger partial charge is 0.477 e. The van der Waals surface area contributed by atoms with Gasteiger partial charge in [-0.1, -0.05) is 11.8 Å². The van der Waals surface area contributed by atoms with Gasteiger partial charge in [-0.3, -0.25) is 0 Å². The molecule has 1 aromatic heterocycles. The van der Waals surface area contributed by atoms with E-state index >= 15 is 0 Å². The topological polar surface area (TPSA) is 88.9 Å². The minimum Gasteiger partial charge on any atom is -0.477 e. The second-order valence-corrected chi connectivity index (χ2v) is 6.53. The average molecular weight is 321 g/mol. The van der Waals surface area contributed by atoms with Gasteiger partial charge >= 0.3 is 5.97 Å². The zero-order valence-electron chi connectivity index (χ0n) is 11.7. The summed E-state index contributed by atoms with van der Waals surface area (Å²) in [4.78, 5) is 15.3. The number of nitrogens with zero attached hydrogens (tertiary/aromatic N) is 1. The molecule has 0 aliphatic heterocycles. The van der Waals surface area contributed by atoms with Gasteiger partial charge in [-0.05, 0) is 13.8 Å². The first kappa shape index (κ1) is 17.4. The molecule has 0 fully saturated rings. The SMILES string of the molecule is COCC(C)OCC(O)CSc1nc(C)c(C(=O)O)s1. The van der Waals surface area contributed by atoms with Crippen LogP contribution >= 0.6 is 23.1 Å². The predicted molar refractivity (Wildman–Crippen MR) is 77.8 cm³/mol. The summed E-state index contributed by atoms with van der Waals surface area (Å²) in [5.74, 6) is -0.560. The summed E-state index contributed by atoms with van der Waals surface area (Å²) in [6, 6.07) is 0. The average Bonchev–Trinajstić information content (AvgIpc) is 2.76. The summed E-state index contributed by atoms with van der Waals surface area (Å²) in [5, 5.41) is 18.7. The van der Waals surface area contributed by atoms with Crippen LogP contribution in [0.5, 0.6) is 0 Å². The lowest BCUT2D eigenvalue weighted by Crippen LogP contribution is -2.24. The number of thioether (sulfide) groups is 1. The van der Waals surface area contributed by atoms with E-state index in [1.165, 1.54) is 11.8 Å². The molecule has 1 aromatic rings. The molecule has 1 rings (SSSR count). The summed E-state index contributed by atoms with van der Waals surface area (Å²) >= 11 is 2.45. The molecule has 0 amide bonds. The molecule has 0 saturated heterocycles. The monoisotopic (exact) mass is 321 g/mol. The van der Waals surface area contributed by atoms with E-state index in [0.717, 1.165) is 11.3 Å². The number of aromatic nitrogens is 1. The molecule has 0 bridgehead atoms. The van der Waals surface area contributed by atoms with Crippen molar-refractivity contribution < 1.29 is 24.5 Å². The number of carboxylic acid groups (broad SMARTS) is 1. The molecule has 20 heavy (non-hydrogen) atoms. The van der Waals surface area contributed by atoms with E-state index in [2.05, 4.69) is 4.98 Å². The first-order valence-corrected chi connectivity index (χ1v) is 7.86. The molecule has 0 aliphatic carbocycles. The molecule has 0 radical (unpaired) electrons. The molecule has 2 unspecified atom stereocenters. The lowest BCUT2D eigenvalue weighted by atomic mass is 10.4. The zero-order chi connectivity index (χ0) is 15.1. The molecule has 1 heterocycles. The second-order valence-electron chi connectivity index (χ2n) is 4.26. The van der Waals surface area contributed by atoms with Crippen molar-refractivity contribution in [3.63, 3.8) is 0 Å². The molecular formula is C12H19NO5S2. The number of aliphatic hydroxyl groups is 1. The van der Waals surface area contributed by atoms with Gasteiger partial charge in [-0.15, -0.1) is 11.3 Å². The highest BCUT2D eigenvalue weighted by Gasteiger charge is 2.15. The number of aromatic carboxylic acids is 1. The first-order chi connectivity index (χ1) is 9.43. The first-order valence-electron chi connectivity index (χ1n) is 6.06. The van der Waals surface area contributed by atoms with Crippen molar-refractivity contribution in [3.05, 3.63) is 10.6 Å². The van der Waals surface area contributed by atoms with Gasteiger partial charge < -0.3 is 19.7 Å². The van der Waals surface area contributed by atoms with Crippen LogP contribution in [-0.4, -0.2) is 59.5 Å². The number of hydrogen-bond acceptors (Lipinski definition) is 7. The fourth-order valence-corrected chi connectivity index (χ4v) is 3.37. The molecule has 6 nitrogen and oxygen atoms in total. The Kier molecular flexibility index (Phi) is 7.46. The Morgan fingerprint density at radius 1 is 1.50 bits per heavy atom. The Morgan fingerprint density at radius 2 is 2.20 bits per heavy atom. The summed E-state index contributed by atoms with van der Waals surface area (Å²) in [6.07, 6.45) is -0.697. The highest BCUT2D eigenvalue weighted by molar-refractivity contribution is 8.01. The van der Waals surface area contributed by atoms with Gasteiger partial charge in [0.25, 0.3) is 0 Å². The molecule has 8 heteroatoms. The molecule has 0 spiro atoms. The summed E-state index contributed by atoms with van der Waals surface area (Å²) in [7, 11) is 1.59. The highest BCUT2D eigenvalue weighted by atomic mass is 32.2. The lowest BCUT2D eigenvalue weighted by Gasteiger charge is -2.15. The van der Waals surface area contributed by atoms with Gasteiger partial charge in [0, 0.05) is 12.9 Å². The molecule has 2 atom stereocenters. The Hall–Kier alpha value is -0.670. The smallest absolute Gasteiger partial charge is 0.347 e. The van der Waals surface area contributed by atoms with E-state index in [0.29, 0.717) is 22.4 Å². The maximum Gasteiger partial charge on any atom is 0.347 e. The standard InChI is InChI=1S/C12H19NO5S2/c1-7(4-17-3)18-5-9(14)6-19-12-13-8(2)10(20-12)11(15)16/h7,9,14H,4-6H2,1-3H3,(H,15,16). The Morgan fingerprint density at radius 3 is 2.75 bits per heavy atom. The zero-order valence-corrected chi connectivity index (χ0v) is 13.3. The van der Waals surface area contributed by atoms with Crippen molar-refractivity contribution in [2.24, 2.45) is 0 Å². The van der Waals surface area contributed by atoms with Crippen LogP contribution in [0.15, 0.2) is 4.34 Å². The van der Waals surface area contributed by atoms with Crippen LogP contribution in [0.3, 0.4) is 0 Å². The van der Waals surface area contributed by atoms with Crippen LogP contribution in [0.1, 0.15) is 22.3 Å². The van der Waals surface area contributed by atoms with Crippen LogP contribution in [0.2, 0.25) is 0 Å². The lowest BCUT2D eigenvalue weighted by molar-refractivity contribution is -0.0257. The number of rotatable bonds is 9. The number of aliphatic hydroxyl groups excluding tert-OH is 1. The third kappa shape index (κ3) is 5.76. The molecule has 0 aliphatic rings. The summed E-state index contributed by atoms with van der Waals surface area (Å²) < 4.78 is 11.0. The van der Waals surface area contributed by atoms with E-state index in [-0.39, 0.29) is 17.6 Å². The Bertz CT molecular complexity index is 437. The summed E-state index contributed by atoms with van der Waals surface area (Å²) in [6.45, 7) is 4.23. The maximum absolute atomic E-state index is 10.9. The fourth-order valence-electron chi connectivity index (χ4n) is 1.41. The predicted octanol–water partition coefficient (Wildman–Crippen LogP) is 1.65. The van der Waals surface area contributed by atoms with E-state index < -0.39 is 12.1 Å². The Balaban J connectivity index is 2.35. The Labute approximate surface area is 126 Å². The van der Waals surface area contributed by atoms with Crippen LogP contribution < -0.4 is 0 Å². The molecule has 2 N–H and O–H groups in total. The quantitative estimate of drug-likeness (QED) is 0.669. The van der Waals surface area contributed by atoms with Crippen LogP contribution in [0, 0.1) is 6.92 Å². The van der Waals surface area contributed by atoms with Gasteiger partial charge in [0.2, 0.25) is 0 Å². The number of thiazole rings is 1. The number of aryl methyl sites for hydroxylation is 1. The van der Waals surface area contributed by atoms with E-state index in [1.54, 1.807) is 14.0 Å². The van der Waals surface area contributed by atoms with E-state index in [9.17, 15) is 9.90 Å². The number of methoxy groups -OCH3 is 1. The molecule has 114 valence electrons. The van der Waals surface area contributed by atoms with Gasteiger partial charge in [-0.2, -0.15) is 0 Å². The second kappa shape index (κ2) is 8.58. The van der Waals surface area contributed by atoms with Crippen molar-refractivity contribution in [1.82, 2.24) is 4.98 Å². The van der Waals surface area contributed by atoms with Crippen molar-refractivity contribution in [2.45, 2.75) is 30.4 Å².